The molecule has 0 aliphatic heterocycles. The standard InChI is InChI=1S/C21H14N2O5/c22-11-2-5-17-15(8-11)19(16-9-12(23)3-6-18(16)28-17)14-7-10(20(24)25)1-4-13(14)21(26)27/h1-9H,22-23H2,(H-,24,25,26,27)/p+1. The van der Waals surface area contributed by atoms with Gasteiger partial charge in [0.25, 0.3) is 0 Å². The molecule has 0 saturated heterocycles. The van der Waals surface area contributed by atoms with Crippen LogP contribution in [0.3, 0.4) is 0 Å². The van der Waals surface area contributed by atoms with Crippen LogP contribution in [0.1, 0.15) is 20.7 Å². The average molecular weight is 375 g/mol. The molecule has 3 aromatic carbocycles. The first-order valence-corrected chi connectivity index (χ1v) is 8.31. The van der Waals surface area contributed by atoms with Crippen LogP contribution in [-0.2, 0) is 0 Å². The molecule has 0 amide bonds. The van der Waals surface area contributed by atoms with E-state index in [2.05, 4.69) is 0 Å². The summed E-state index contributed by atoms with van der Waals surface area (Å²) in [6.07, 6.45) is 0. The monoisotopic (exact) mass is 375 g/mol. The van der Waals surface area contributed by atoms with Crippen LogP contribution >= 0.6 is 0 Å². The zero-order chi connectivity index (χ0) is 20.0. The number of hydrogen-bond acceptors (Lipinski definition) is 4. The molecule has 0 bridgehead atoms. The van der Waals surface area contributed by atoms with Crippen molar-refractivity contribution in [1.82, 2.24) is 0 Å². The number of carboxylic acid groups (broad SMARTS) is 2. The van der Waals surface area contributed by atoms with Gasteiger partial charge in [-0.15, -0.1) is 0 Å². The van der Waals surface area contributed by atoms with Crippen molar-refractivity contribution < 1.29 is 24.2 Å². The van der Waals surface area contributed by atoms with Crippen molar-refractivity contribution in [3.8, 4) is 11.1 Å². The summed E-state index contributed by atoms with van der Waals surface area (Å²) < 4.78 is 5.92. The van der Waals surface area contributed by atoms with E-state index >= 15 is 0 Å². The van der Waals surface area contributed by atoms with E-state index in [1.54, 1.807) is 36.4 Å². The first-order chi connectivity index (χ1) is 13.3. The number of aromatic carboxylic acids is 2. The van der Waals surface area contributed by atoms with Crippen LogP contribution in [0.25, 0.3) is 33.1 Å². The van der Waals surface area contributed by atoms with Crippen molar-refractivity contribution in [3.63, 3.8) is 0 Å². The highest BCUT2D eigenvalue weighted by Gasteiger charge is 2.25. The number of carbonyl (C=O) groups is 2. The molecule has 6 N–H and O–H groups in total. The molecule has 0 atom stereocenters. The Balaban J connectivity index is 2.25. The van der Waals surface area contributed by atoms with Gasteiger partial charge in [0.2, 0.25) is 0 Å². The molecular formula is C21H15N2O5+. The molecule has 0 saturated carbocycles. The van der Waals surface area contributed by atoms with Crippen LogP contribution in [-0.4, -0.2) is 22.2 Å². The van der Waals surface area contributed by atoms with Crippen molar-refractivity contribution >= 4 is 45.3 Å². The SMILES string of the molecule is Nc1ccc2[o+]c3ccc(N)cc3c(-c3cc(C(=O)O)ccc3C(=O)O)c2c1. The second-order valence-electron chi connectivity index (χ2n) is 6.36. The first kappa shape index (κ1) is 17.3. The van der Waals surface area contributed by atoms with Gasteiger partial charge in [0.05, 0.1) is 21.9 Å². The van der Waals surface area contributed by atoms with Gasteiger partial charge in [-0.1, -0.05) is 0 Å². The molecular weight excluding hydrogens is 360 g/mol. The Morgan fingerprint density at radius 1 is 0.750 bits per heavy atom. The van der Waals surface area contributed by atoms with Crippen LogP contribution in [0, 0.1) is 0 Å². The Hall–Kier alpha value is -4.13. The summed E-state index contributed by atoms with van der Waals surface area (Å²) in [5, 5.41) is 20.2. The molecule has 0 radical (unpaired) electrons. The number of nitrogen functional groups attached to an aromatic ring is 2. The third-order valence-corrected chi connectivity index (χ3v) is 4.53. The lowest BCUT2D eigenvalue weighted by molar-refractivity contribution is 0.0682. The molecule has 7 heteroatoms. The Morgan fingerprint density at radius 3 is 1.82 bits per heavy atom. The summed E-state index contributed by atoms with van der Waals surface area (Å²) >= 11 is 0. The van der Waals surface area contributed by atoms with Gasteiger partial charge in [-0.3, -0.25) is 0 Å². The lowest BCUT2D eigenvalue weighted by Crippen LogP contribution is -2.04. The number of fused-ring (bicyclic) bond motifs is 2. The Morgan fingerprint density at radius 2 is 1.32 bits per heavy atom. The molecule has 0 spiro atoms. The molecule has 0 aliphatic rings. The van der Waals surface area contributed by atoms with Gasteiger partial charge in [0, 0.05) is 29.1 Å². The number of hydrogen-bond donors (Lipinski definition) is 4. The minimum Gasteiger partial charge on any atom is -0.478 e. The van der Waals surface area contributed by atoms with Crippen molar-refractivity contribution in [2.45, 2.75) is 0 Å². The number of anilines is 2. The van der Waals surface area contributed by atoms with Crippen molar-refractivity contribution in [2.24, 2.45) is 0 Å². The van der Waals surface area contributed by atoms with E-state index in [0.717, 1.165) is 0 Å². The smallest absolute Gasteiger partial charge is 0.361 e. The van der Waals surface area contributed by atoms with Gasteiger partial charge < -0.3 is 21.7 Å². The van der Waals surface area contributed by atoms with Gasteiger partial charge in [0.15, 0.2) is 0 Å². The third-order valence-electron chi connectivity index (χ3n) is 4.53. The normalized spacial score (nSPS) is 11.0. The van der Waals surface area contributed by atoms with Gasteiger partial charge >= 0.3 is 23.1 Å². The Bertz CT molecular complexity index is 1240. The lowest BCUT2D eigenvalue weighted by Gasteiger charge is -2.11. The number of nitrogens with two attached hydrogens (primary N) is 2. The summed E-state index contributed by atoms with van der Waals surface area (Å²) in [5.41, 5.74) is 14.4. The Kier molecular flexibility index (Phi) is 3.85. The number of carboxylic acids is 2. The molecule has 0 unspecified atom stereocenters. The zero-order valence-electron chi connectivity index (χ0n) is 14.5. The molecule has 28 heavy (non-hydrogen) atoms. The van der Waals surface area contributed by atoms with Crippen LogP contribution in [0.15, 0.2) is 59.0 Å². The molecule has 0 aliphatic carbocycles. The van der Waals surface area contributed by atoms with Gasteiger partial charge in [-0.25, -0.2) is 14.0 Å². The first-order valence-electron chi connectivity index (χ1n) is 8.31. The van der Waals surface area contributed by atoms with E-state index < -0.39 is 11.9 Å². The summed E-state index contributed by atoms with van der Waals surface area (Å²) in [6, 6.07) is 13.9. The van der Waals surface area contributed by atoms with Crippen LogP contribution < -0.4 is 11.5 Å². The molecule has 0 fully saturated rings. The second kappa shape index (κ2) is 6.24. The van der Waals surface area contributed by atoms with E-state index in [1.165, 1.54) is 18.2 Å². The second-order valence-corrected chi connectivity index (χ2v) is 6.36. The zero-order valence-corrected chi connectivity index (χ0v) is 14.5. The highest BCUT2D eigenvalue weighted by molar-refractivity contribution is 6.13. The van der Waals surface area contributed by atoms with Crippen LogP contribution in [0.5, 0.6) is 0 Å². The summed E-state index contributed by atoms with van der Waals surface area (Å²) in [7, 11) is 0. The maximum atomic E-state index is 11.9. The fraction of sp³-hybridized carbons (Fsp3) is 0. The predicted molar refractivity (Wildman–Crippen MR) is 106 cm³/mol. The van der Waals surface area contributed by atoms with E-state index in [1.807, 2.05) is 0 Å². The minimum atomic E-state index is -1.18. The quantitative estimate of drug-likeness (QED) is 0.240. The molecule has 138 valence electrons. The highest BCUT2D eigenvalue weighted by atomic mass is 16.4. The van der Waals surface area contributed by atoms with Crippen molar-refractivity contribution in [2.75, 3.05) is 11.5 Å². The largest absolute Gasteiger partial charge is 0.478 e. The molecule has 4 aromatic rings. The van der Waals surface area contributed by atoms with Crippen LogP contribution in [0.4, 0.5) is 11.4 Å². The van der Waals surface area contributed by atoms with Gasteiger partial charge in [-0.2, -0.15) is 0 Å². The fourth-order valence-corrected chi connectivity index (χ4v) is 3.29. The molecule has 1 heterocycles. The van der Waals surface area contributed by atoms with Crippen molar-refractivity contribution in [3.05, 3.63) is 65.7 Å². The van der Waals surface area contributed by atoms with E-state index in [0.29, 0.717) is 38.9 Å². The molecule has 4 rings (SSSR count). The topological polar surface area (TPSA) is 138 Å². The highest BCUT2D eigenvalue weighted by Crippen LogP contribution is 2.40. The number of rotatable bonds is 3. The fourth-order valence-electron chi connectivity index (χ4n) is 3.29. The number of benzene rings is 3. The third kappa shape index (κ3) is 2.75. The average Bonchev–Trinajstić information content (AvgIpc) is 2.65. The maximum Gasteiger partial charge on any atom is 0.361 e. The van der Waals surface area contributed by atoms with Gasteiger partial charge in [0.1, 0.15) is 0 Å². The summed E-state index contributed by atoms with van der Waals surface area (Å²) in [6.45, 7) is 0. The van der Waals surface area contributed by atoms with Gasteiger partial charge in [-0.05, 0) is 48.0 Å². The lowest BCUT2D eigenvalue weighted by atomic mass is 9.91. The molecule has 7 nitrogen and oxygen atoms in total. The summed E-state index contributed by atoms with van der Waals surface area (Å²) in [4.78, 5) is 23.4. The summed E-state index contributed by atoms with van der Waals surface area (Å²) in [5.74, 6) is -2.34. The molecule has 1 aromatic heterocycles. The van der Waals surface area contributed by atoms with E-state index in [4.69, 9.17) is 15.9 Å². The predicted octanol–water partition coefficient (Wildman–Crippen LogP) is 4.09. The van der Waals surface area contributed by atoms with E-state index in [9.17, 15) is 19.8 Å². The maximum absolute atomic E-state index is 11.9. The Labute approximate surface area is 158 Å². The van der Waals surface area contributed by atoms with E-state index in [-0.39, 0.29) is 16.7 Å². The van der Waals surface area contributed by atoms with Crippen LogP contribution in [0.2, 0.25) is 0 Å². The van der Waals surface area contributed by atoms with Crippen molar-refractivity contribution in [1.29, 1.82) is 0 Å². The minimum absolute atomic E-state index is 0.0325.